The summed E-state index contributed by atoms with van der Waals surface area (Å²) >= 11 is 3.33. The van der Waals surface area contributed by atoms with E-state index in [-0.39, 0.29) is 12.5 Å². The number of fused-ring (bicyclic) bond motifs is 1. The Labute approximate surface area is 165 Å². The average molecular weight is 430 g/mol. The molecule has 0 aliphatic heterocycles. The molecule has 2 aromatic carbocycles. The largest absolute Gasteiger partial charge is 0.484 e. The standard InChI is InChI=1S/C20H20BrN3O3/c21-15-8-10-16(11-9-15)27-13-20(26)24-23-19(25)7-3-4-14-12-22-18-6-2-1-5-17(14)18/h1-2,5-6,8-12,22H,3-4,7,13H2,(H,23,25)(H,24,26). The summed E-state index contributed by atoms with van der Waals surface area (Å²) in [6.07, 6.45) is 3.79. The molecule has 7 heteroatoms. The third-order valence-corrected chi connectivity index (χ3v) is 4.58. The monoisotopic (exact) mass is 429 g/mol. The zero-order valence-corrected chi connectivity index (χ0v) is 16.2. The molecule has 0 bridgehead atoms. The smallest absolute Gasteiger partial charge is 0.276 e. The Balaban J connectivity index is 1.34. The van der Waals surface area contributed by atoms with Gasteiger partial charge in [0.25, 0.3) is 5.91 Å². The highest BCUT2D eigenvalue weighted by Gasteiger charge is 2.07. The molecular formula is C20H20BrN3O3. The molecule has 0 aliphatic rings. The number of carbonyl (C=O) groups is 2. The third-order valence-electron chi connectivity index (χ3n) is 4.05. The van der Waals surface area contributed by atoms with Crippen molar-refractivity contribution in [2.24, 2.45) is 0 Å². The second-order valence-corrected chi connectivity index (χ2v) is 6.97. The van der Waals surface area contributed by atoms with Crippen LogP contribution < -0.4 is 15.6 Å². The summed E-state index contributed by atoms with van der Waals surface area (Å²) in [7, 11) is 0. The number of amides is 2. The highest BCUT2D eigenvalue weighted by Crippen LogP contribution is 2.19. The van der Waals surface area contributed by atoms with E-state index in [1.807, 2.05) is 36.5 Å². The Kier molecular flexibility index (Phi) is 6.49. The van der Waals surface area contributed by atoms with Gasteiger partial charge < -0.3 is 9.72 Å². The predicted molar refractivity (Wildman–Crippen MR) is 107 cm³/mol. The lowest BCUT2D eigenvalue weighted by molar-refractivity contribution is -0.130. The number of para-hydroxylation sites is 1. The van der Waals surface area contributed by atoms with Gasteiger partial charge in [-0.05, 0) is 48.7 Å². The molecule has 0 spiro atoms. The molecule has 1 aromatic heterocycles. The highest BCUT2D eigenvalue weighted by molar-refractivity contribution is 9.10. The van der Waals surface area contributed by atoms with E-state index in [0.29, 0.717) is 18.6 Å². The number of halogens is 1. The van der Waals surface area contributed by atoms with Crippen molar-refractivity contribution in [2.75, 3.05) is 6.61 Å². The maximum absolute atomic E-state index is 11.9. The zero-order valence-electron chi connectivity index (χ0n) is 14.6. The number of nitrogens with one attached hydrogen (secondary N) is 3. The van der Waals surface area contributed by atoms with Gasteiger partial charge in [0.2, 0.25) is 5.91 Å². The summed E-state index contributed by atoms with van der Waals surface area (Å²) in [5, 5.41) is 1.18. The maximum Gasteiger partial charge on any atom is 0.276 e. The molecule has 0 saturated heterocycles. The zero-order chi connectivity index (χ0) is 19.1. The van der Waals surface area contributed by atoms with Crippen LogP contribution in [0.4, 0.5) is 0 Å². The lowest BCUT2D eigenvalue weighted by Crippen LogP contribution is -2.43. The van der Waals surface area contributed by atoms with Crippen LogP contribution in [0.1, 0.15) is 18.4 Å². The Morgan fingerprint density at radius 3 is 2.56 bits per heavy atom. The number of aromatic nitrogens is 1. The molecule has 0 fully saturated rings. The van der Waals surface area contributed by atoms with Crippen LogP contribution in [0.15, 0.2) is 59.2 Å². The van der Waals surface area contributed by atoms with Crippen molar-refractivity contribution < 1.29 is 14.3 Å². The highest BCUT2D eigenvalue weighted by atomic mass is 79.9. The lowest BCUT2D eigenvalue weighted by atomic mass is 10.1. The second kappa shape index (κ2) is 9.23. The molecule has 3 aromatic rings. The summed E-state index contributed by atoms with van der Waals surface area (Å²) < 4.78 is 6.27. The van der Waals surface area contributed by atoms with Crippen LogP contribution in [0, 0.1) is 0 Å². The quantitative estimate of drug-likeness (QED) is 0.502. The molecule has 0 atom stereocenters. The first-order valence-corrected chi connectivity index (χ1v) is 9.42. The van der Waals surface area contributed by atoms with Crippen molar-refractivity contribution in [3.63, 3.8) is 0 Å². The van der Waals surface area contributed by atoms with Gasteiger partial charge in [0.1, 0.15) is 5.75 Å². The second-order valence-electron chi connectivity index (χ2n) is 6.05. The SMILES string of the molecule is O=C(CCCc1c[nH]c2ccccc12)NNC(=O)COc1ccc(Br)cc1. The van der Waals surface area contributed by atoms with Crippen molar-refractivity contribution in [2.45, 2.75) is 19.3 Å². The number of ether oxygens (including phenoxy) is 1. The number of carbonyl (C=O) groups excluding carboxylic acids is 2. The average Bonchev–Trinajstić information content (AvgIpc) is 3.09. The Bertz CT molecular complexity index is 922. The molecule has 0 unspecified atom stereocenters. The molecule has 3 rings (SSSR count). The fourth-order valence-corrected chi connectivity index (χ4v) is 2.96. The first-order chi connectivity index (χ1) is 13.1. The van der Waals surface area contributed by atoms with E-state index in [0.717, 1.165) is 16.4 Å². The molecule has 0 saturated carbocycles. The van der Waals surface area contributed by atoms with E-state index in [1.54, 1.807) is 12.1 Å². The fraction of sp³-hybridized carbons (Fsp3) is 0.200. The Hall–Kier alpha value is -2.80. The number of hydrazine groups is 1. The van der Waals surface area contributed by atoms with E-state index in [9.17, 15) is 9.59 Å². The Morgan fingerprint density at radius 2 is 1.74 bits per heavy atom. The minimum atomic E-state index is -0.414. The number of rotatable bonds is 7. The van der Waals surface area contributed by atoms with Crippen LogP contribution in [0.2, 0.25) is 0 Å². The summed E-state index contributed by atoms with van der Waals surface area (Å²) in [5.41, 5.74) is 7.05. The van der Waals surface area contributed by atoms with Gasteiger partial charge in [-0.3, -0.25) is 20.4 Å². The summed E-state index contributed by atoms with van der Waals surface area (Å²) in [5.74, 6) is -0.0619. The van der Waals surface area contributed by atoms with Crippen molar-refractivity contribution >= 4 is 38.6 Å². The van der Waals surface area contributed by atoms with E-state index in [2.05, 4.69) is 37.8 Å². The van der Waals surface area contributed by atoms with Gasteiger partial charge in [-0.25, -0.2) is 0 Å². The van der Waals surface area contributed by atoms with Gasteiger partial charge in [0.15, 0.2) is 6.61 Å². The molecule has 1 heterocycles. The van der Waals surface area contributed by atoms with Gasteiger partial charge in [-0.15, -0.1) is 0 Å². The van der Waals surface area contributed by atoms with Crippen molar-refractivity contribution in [3.05, 3.63) is 64.8 Å². The number of aromatic amines is 1. The topological polar surface area (TPSA) is 83.2 Å². The van der Waals surface area contributed by atoms with E-state index in [4.69, 9.17) is 4.74 Å². The molecule has 3 N–H and O–H groups in total. The number of aryl methyl sites for hydroxylation is 1. The fourth-order valence-electron chi connectivity index (χ4n) is 2.70. The van der Waals surface area contributed by atoms with Crippen molar-refractivity contribution in [1.29, 1.82) is 0 Å². The molecule has 0 aliphatic carbocycles. The van der Waals surface area contributed by atoms with Crippen LogP contribution in [0.5, 0.6) is 5.75 Å². The van der Waals surface area contributed by atoms with Gasteiger partial charge in [-0.2, -0.15) is 0 Å². The Morgan fingerprint density at radius 1 is 1.00 bits per heavy atom. The van der Waals surface area contributed by atoms with Crippen molar-refractivity contribution in [3.8, 4) is 5.75 Å². The maximum atomic E-state index is 11.9. The van der Waals surface area contributed by atoms with Gasteiger partial charge >= 0.3 is 0 Å². The summed E-state index contributed by atoms with van der Waals surface area (Å²) in [6.45, 7) is -0.169. The number of benzene rings is 2. The first-order valence-electron chi connectivity index (χ1n) is 8.63. The van der Waals surface area contributed by atoms with Crippen LogP contribution in [0.25, 0.3) is 10.9 Å². The summed E-state index contributed by atoms with van der Waals surface area (Å²) in [4.78, 5) is 26.8. The van der Waals surface area contributed by atoms with Crippen molar-refractivity contribution in [1.82, 2.24) is 15.8 Å². The number of hydrogen-bond acceptors (Lipinski definition) is 3. The predicted octanol–water partition coefficient (Wildman–Crippen LogP) is 3.48. The van der Waals surface area contributed by atoms with E-state index < -0.39 is 5.91 Å². The van der Waals surface area contributed by atoms with Gasteiger partial charge in [0.05, 0.1) is 0 Å². The molecule has 140 valence electrons. The van der Waals surface area contributed by atoms with Crippen LogP contribution in [-0.4, -0.2) is 23.4 Å². The summed E-state index contributed by atoms with van der Waals surface area (Å²) in [6, 6.07) is 15.2. The minimum Gasteiger partial charge on any atom is -0.484 e. The van der Waals surface area contributed by atoms with E-state index >= 15 is 0 Å². The minimum absolute atomic E-state index is 0.169. The van der Waals surface area contributed by atoms with E-state index in [1.165, 1.54) is 10.9 Å². The van der Waals surface area contributed by atoms with Crippen LogP contribution >= 0.6 is 15.9 Å². The molecule has 6 nitrogen and oxygen atoms in total. The normalized spacial score (nSPS) is 10.6. The lowest BCUT2D eigenvalue weighted by Gasteiger charge is -2.09. The molecule has 2 amide bonds. The molecule has 27 heavy (non-hydrogen) atoms. The van der Waals surface area contributed by atoms with Crippen LogP contribution in [-0.2, 0) is 16.0 Å². The van der Waals surface area contributed by atoms with Gasteiger partial charge in [0, 0.05) is 28.0 Å². The third kappa shape index (κ3) is 5.59. The molecular weight excluding hydrogens is 410 g/mol. The van der Waals surface area contributed by atoms with Crippen LogP contribution in [0.3, 0.4) is 0 Å². The first kappa shape index (κ1) is 19.0. The van der Waals surface area contributed by atoms with Gasteiger partial charge in [-0.1, -0.05) is 34.1 Å². The number of H-pyrrole nitrogens is 1. The number of hydrogen-bond donors (Lipinski definition) is 3. The molecule has 0 radical (unpaired) electrons.